The van der Waals surface area contributed by atoms with E-state index in [1.54, 1.807) is 4.90 Å². The van der Waals surface area contributed by atoms with Crippen LogP contribution in [0.15, 0.2) is 12.1 Å². The first kappa shape index (κ1) is 24.2. The summed E-state index contributed by atoms with van der Waals surface area (Å²) in [6, 6.07) is 3.63. The zero-order valence-electron chi connectivity index (χ0n) is 20.8. The molecule has 3 saturated heterocycles. The molecule has 0 aromatic heterocycles. The summed E-state index contributed by atoms with van der Waals surface area (Å²) in [5, 5.41) is 2.97. The number of benzene rings is 1. The Labute approximate surface area is 217 Å². The van der Waals surface area contributed by atoms with Crippen molar-refractivity contribution >= 4 is 35.0 Å². The minimum absolute atomic E-state index is 0.182. The van der Waals surface area contributed by atoms with E-state index in [-0.39, 0.29) is 18.2 Å². The van der Waals surface area contributed by atoms with Gasteiger partial charge in [-0.3, -0.25) is 19.7 Å². The van der Waals surface area contributed by atoms with Gasteiger partial charge in [0.25, 0.3) is 5.91 Å². The Morgan fingerprint density at radius 1 is 1.03 bits per heavy atom. The molecule has 0 bridgehead atoms. The van der Waals surface area contributed by atoms with Gasteiger partial charge < -0.3 is 20.4 Å². The van der Waals surface area contributed by atoms with Crippen molar-refractivity contribution < 1.29 is 14.4 Å². The first-order valence-corrected chi connectivity index (χ1v) is 13.9. The van der Waals surface area contributed by atoms with Crippen LogP contribution < -0.4 is 16.0 Å². The van der Waals surface area contributed by atoms with E-state index >= 15 is 0 Å². The lowest BCUT2D eigenvalue weighted by atomic mass is 9.60. The molecule has 1 spiro atoms. The molecule has 4 aliphatic heterocycles. The second kappa shape index (κ2) is 9.30. The van der Waals surface area contributed by atoms with Crippen LogP contribution in [0, 0.1) is 11.3 Å². The smallest absolute Gasteiger partial charge is 0.255 e. The molecule has 1 aromatic carbocycles. The van der Waals surface area contributed by atoms with Crippen LogP contribution in [-0.4, -0.2) is 72.3 Å². The summed E-state index contributed by atoms with van der Waals surface area (Å²) in [5.41, 5.74) is 8.95. The minimum Gasteiger partial charge on any atom is -0.370 e. The Morgan fingerprint density at radius 2 is 1.75 bits per heavy atom. The van der Waals surface area contributed by atoms with E-state index in [1.165, 1.54) is 45.3 Å². The van der Waals surface area contributed by atoms with E-state index in [0.717, 1.165) is 37.2 Å². The van der Waals surface area contributed by atoms with Crippen molar-refractivity contribution in [3.05, 3.63) is 28.3 Å². The highest BCUT2D eigenvalue weighted by Crippen LogP contribution is 2.48. The maximum Gasteiger partial charge on any atom is 0.255 e. The van der Waals surface area contributed by atoms with Gasteiger partial charge in [0.1, 0.15) is 6.04 Å². The number of nitrogens with zero attached hydrogens (tertiary/aromatic N) is 3. The van der Waals surface area contributed by atoms with Crippen LogP contribution in [0.25, 0.3) is 0 Å². The van der Waals surface area contributed by atoms with Crippen molar-refractivity contribution in [2.45, 2.75) is 70.0 Å². The molecule has 36 heavy (non-hydrogen) atoms. The molecule has 1 atom stereocenters. The molecule has 1 saturated carbocycles. The van der Waals surface area contributed by atoms with E-state index in [1.807, 2.05) is 12.1 Å². The number of likely N-dealkylation sites (tertiary alicyclic amines) is 1. The summed E-state index contributed by atoms with van der Waals surface area (Å²) < 4.78 is 0. The van der Waals surface area contributed by atoms with Gasteiger partial charge in [0.2, 0.25) is 11.8 Å². The second-order valence-electron chi connectivity index (χ2n) is 11.7. The largest absolute Gasteiger partial charge is 0.370 e. The van der Waals surface area contributed by atoms with E-state index in [9.17, 15) is 14.4 Å². The van der Waals surface area contributed by atoms with Gasteiger partial charge in [-0.05, 0) is 81.5 Å². The third kappa shape index (κ3) is 4.31. The van der Waals surface area contributed by atoms with Gasteiger partial charge in [-0.15, -0.1) is 0 Å². The highest BCUT2D eigenvalue weighted by Gasteiger charge is 2.44. The maximum atomic E-state index is 13.1. The van der Waals surface area contributed by atoms with Gasteiger partial charge >= 0.3 is 0 Å². The van der Waals surface area contributed by atoms with E-state index in [4.69, 9.17) is 17.3 Å². The lowest BCUT2D eigenvalue weighted by Crippen LogP contribution is -2.52. The molecule has 1 aliphatic carbocycles. The zero-order valence-corrected chi connectivity index (χ0v) is 21.6. The van der Waals surface area contributed by atoms with Crippen molar-refractivity contribution in [3.8, 4) is 0 Å². The number of nitrogens with one attached hydrogen (secondary N) is 1. The van der Waals surface area contributed by atoms with Gasteiger partial charge in [-0.1, -0.05) is 11.6 Å². The molecular weight excluding hydrogens is 478 g/mol. The molecule has 9 heteroatoms. The molecule has 8 nitrogen and oxygen atoms in total. The summed E-state index contributed by atoms with van der Waals surface area (Å²) in [4.78, 5) is 43.5. The SMILES string of the molecule is NC1CC2(CCN(CC3CCN(c4ccc5c(c4Cl)CN(C4CCC(=O)NC4=O)C5=O)CC3)CC2)C1. The van der Waals surface area contributed by atoms with Crippen LogP contribution >= 0.6 is 11.6 Å². The number of halogens is 1. The van der Waals surface area contributed by atoms with Gasteiger partial charge in [0.05, 0.1) is 10.7 Å². The molecule has 3 N–H and O–H groups in total. The predicted octanol–water partition coefficient (Wildman–Crippen LogP) is 2.52. The Hall–Kier alpha value is -2.16. The molecule has 0 radical (unpaired) electrons. The molecule has 4 fully saturated rings. The molecule has 4 heterocycles. The Balaban J connectivity index is 1.05. The third-order valence-corrected chi connectivity index (χ3v) is 9.83. The molecular formula is C27H36ClN5O3. The first-order chi connectivity index (χ1) is 17.3. The Bertz CT molecular complexity index is 1070. The van der Waals surface area contributed by atoms with E-state index < -0.39 is 11.9 Å². The van der Waals surface area contributed by atoms with Crippen molar-refractivity contribution in [2.24, 2.45) is 17.1 Å². The lowest BCUT2D eigenvalue weighted by molar-refractivity contribution is -0.136. The van der Waals surface area contributed by atoms with Crippen molar-refractivity contribution in [2.75, 3.05) is 37.6 Å². The summed E-state index contributed by atoms with van der Waals surface area (Å²) >= 11 is 6.87. The molecule has 194 valence electrons. The van der Waals surface area contributed by atoms with E-state index in [0.29, 0.717) is 40.9 Å². The summed E-state index contributed by atoms with van der Waals surface area (Å²) in [7, 11) is 0. The number of rotatable bonds is 4. The van der Waals surface area contributed by atoms with Gasteiger partial charge in [0, 0.05) is 49.8 Å². The Morgan fingerprint density at radius 3 is 2.42 bits per heavy atom. The van der Waals surface area contributed by atoms with Crippen LogP contribution in [0.2, 0.25) is 5.02 Å². The van der Waals surface area contributed by atoms with Gasteiger partial charge in [-0.25, -0.2) is 0 Å². The van der Waals surface area contributed by atoms with Crippen LogP contribution in [0.3, 0.4) is 0 Å². The number of nitrogens with two attached hydrogens (primary N) is 1. The minimum atomic E-state index is -0.622. The van der Waals surface area contributed by atoms with Crippen LogP contribution in [0.4, 0.5) is 5.69 Å². The van der Waals surface area contributed by atoms with Gasteiger partial charge in [-0.2, -0.15) is 0 Å². The summed E-state index contributed by atoms with van der Waals surface area (Å²) in [6.07, 6.45) is 7.93. The monoisotopic (exact) mass is 513 g/mol. The van der Waals surface area contributed by atoms with Crippen molar-refractivity contribution in [1.29, 1.82) is 0 Å². The quantitative estimate of drug-likeness (QED) is 0.600. The third-order valence-electron chi connectivity index (χ3n) is 9.41. The van der Waals surface area contributed by atoms with E-state index in [2.05, 4.69) is 15.1 Å². The first-order valence-electron chi connectivity index (χ1n) is 13.5. The second-order valence-corrected chi connectivity index (χ2v) is 12.1. The number of piperidine rings is 3. The average Bonchev–Trinajstić information content (AvgIpc) is 3.18. The number of carbonyl (C=O) groups is 3. The fraction of sp³-hybridized carbons (Fsp3) is 0.667. The summed E-state index contributed by atoms with van der Waals surface area (Å²) in [6.45, 7) is 5.83. The van der Waals surface area contributed by atoms with Crippen molar-refractivity contribution in [1.82, 2.24) is 15.1 Å². The predicted molar refractivity (Wildman–Crippen MR) is 138 cm³/mol. The fourth-order valence-electron chi connectivity index (χ4n) is 7.23. The van der Waals surface area contributed by atoms with Crippen LogP contribution in [-0.2, 0) is 16.1 Å². The maximum absolute atomic E-state index is 13.1. The van der Waals surface area contributed by atoms with Crippen LogP contribution in [0.1, 0.15) is 67.3 Å². The molecule has 5 aliphatic rings. The number of hydrogen-bond acceptors (Lipinski definition) is 6. The number of anilines is 1. The van der Waals surface area contributed by atoms with Crippen LogP contribution in [0.5, 0.6) is 0 Å². The Kier molecular flexibility index (Phi) is 6.25. The molecule has 1 unspecified atom stereocenters. The summed E-state index contributed by atoms with van der Waals surface area (Å²) in [5.74, 6) is -0.155. The van der Waals surface area contributed by atoms with Crippen molar-refractivity contribution in [3.63, 3.8) is 0 Å². The number of amides is 3. The molecule has 3 amide bonds. The normalized spacial score (nSPS) is 27.4. The number of carbonyl (C=O) groups excluding carboxylic acids is 3. The highest BCUT2D eigenvalue weighted by atomic mass is 35.5. The number of fused-ring (bicyclic) bond motifs is 1. The highest BCUT2D eigenvalue weighted by molar-refractivity contribution is 6.35. The zero-order chi connectivity index (χ0) is 25.0. The number of hydrogen-bond donors (Lipinski definition) is 2. The standard InChI is InChI=1S/C27H36ClN5O3/c28-24-20-16-33(22-3-4-23(34)30-25(22)35)26(36)19(20)1-2-21(24)32-9-5-17(6-10-32)15-31-11-7-27(8-12-31)13-18(29)14-27/h1-2,17-18,22H,3-16,29H2,(H,30,34,35). The number of imide groups is 1. The lowest BCUT2D eigenvalue weighted by Gasteiger charge is -2.51. The molecule has 6 rings (SSSR count). The topological polar surface area (TPSA) is 99.0 Å². The van der Waals surface area contributed by atoms with Gasteiger partial charge in [0.15, 0.2) is 0 Å². The fourth-order valence-corrected chi connectivity index (χ4v) is 7.57. The average molecular weight is 514 g/mol. The molecule has 1 aromatic rings.